The van der Waals surface area contributed by atoms with Gasteiger partial charge in [0.1, 0.15) is 5.41 Å². The van der Waals surface area contributed by atoms with Crippen LogP contribution in [0.4, 0.5) is 0 Å². The van der Waals surface area contributed by atoms with E-state index in [0.717, 1.165) is 17.0 Å². The Balaban J connectivity index is 1.78. The molecule has 0 radical (unpaired) electrons. The summed E-state index contributed by atoms with van der Waals surface area (Å²) in [5, 5.41) is 3.63. The molecular formula is C13H17ClN2O2. The van der Waals surface area contributed by atoms with E-state index in [1.165, 1.54) is 0 Å². The topological polar surface area (TPSA) is 64.4 Å². The molecule has 0 aliphatic carbocycles. The Bertz CT molecular complexity index is 410. The van der Waals surface area contributed by atoms with Gasteiger partial charge in [-0.05, 0) is 24.1 Å². The van der Waals surface area contributed by atoms with Gasteiger partial charge in [0, 0.05) is 18.1 Å². The smallest absolute Gasteiger partial charge is 0.232 e. The van der Waals surface area contributed by atoms with Crippen LogP contribution in [0.25, 0.3) is 0 Å². The molecule has 4 nitrogen and oxygen atoms in total. The number of carbonyl (C=O) groups excluding carboxylic acids is 1. The van der Waals surface area contributed by atoms with Gasteiger partial charge >= 0.3 is 0 Å². The molecule has 1 saturated heterocycles. The second-order valence-corrected chi connectivity index (χ2v) is 5.05. The molecule has 5 heteroatoms. The molecule has 1 fully saturated rings. The van der Waals surface area contributed by atoms with Crippen molar-refractivity contribution in [3.63, 3.8) is 0 Å². The molecule has 3 N–H and O–H groups in total. The van der Waals surface area contributed by atoms with Crippen molar-refractivity contribution in [2.45, 2.75) is 6.42 Å². The Kier molecular flexibility index (Phi) is 4.22. The fraction of sp³-hybridized carbons (Fsp3) is 0.462. The first-order valence-electron chi connectivity index (χ1n) is 5.97. The molecule has 0 spiro atoms. The van der Waals surface area contributed by atoms with Crippen molar-refractivity contribution in [1.29, 1.82) is 0 Å². The SMILES string of the molecule is NCC1(C(=O)NCCc2ccc(Cl)cc2)COC1. The normalized spacial score (nSPS) is 17.0. The van der Waals surface area contributed by atoms with E-state index >= 15 is 0 Å². The maximum atomic E-state index is 11.9. The summed E-state index contributed by atoms with van der Waals surface area (Å²) >= 11 is 5.80. The van der Waals surface area contributed by atoms with Crippen LogP contribution in [0.3, 0.4) is 0 Å². The van der Waals surface area contributed by atoms with Gasteiger partial charge < -0.3 is 15.8 Å². The number of hydrogen-bond donors (Lipinski definition) is 2. The van der Waals surface area contributed by atoms with Gasteiger partial charge in [0.2, 0.25) is 5.91 Å². The van der Waals surface area contributed by atoms with Crippen LogP contribution in [0.5, 0.6) is 0 Å². The molecule has 0 aromatic heterocycles. The predicted octanol–water partition coefficient (Wildman–Crippen LogP) is 0.974. The Morgan fingerprint density at radius 2 is 2.06 bits per heavy atom. The molecule has 1 amide bonds. The lowest BCUT2D eigenvalue weighted by molar-refractivity contribution is -0.159. The quantitative estimate of drug-likeness (QED) is 0.837. The summed E-state index contributed by atoms with van der Waals surface area (Å²) < 4.78 is 5.07. The molecule has 1 aromatic rings. The number of nitrogens with two attached hydrogens (primary N) is 1. The van der Waals surface area contributed by atoms with Gasteiger partial charge in [0.15, 0.2) is 0 Å². The van der Waals surface area contributed by atoms with Crippen LogP contribution >= 0.6 is 11.6 Å². The molecule has 1 heterocycles. The molecule has 18 heavy (non-hydrogen) atoms. The van der Waals surface area contributed by atoms with Gasteiger partial charge in [0.05, 0.1) is 13.2 Å². The minimum Gasteiger partial charge on any atom is -0.379 e. The number of halogens is 1. The largest absolute Gasteiger partial charge is 0.379 e. The zero-order valence-corrected chi connectivity index (χ0v) is 10.9. The number of rotatable bonds is 5. The van der Waals surface area contributed by atoms with Crippen LogP contribution in [0.1, 0.15) is 5.56 Å². The predicted molar refractivity (Wildman–Crippen MR) is 70.5 cm³/mol. The summed E-state index contributed by atoms with van der Waals surface area (Å²) in [5.41, 5.74) is 6.26. The third kappa shape index (κ3) is 2.83. The number of ether oxygens (including phenoxy) is 1. The minimum absolute atomic E-state index is 0.00906. The van der Waals surface area contributed by atoms with Crippen LogP contribution < -0.4 is 11.1 Å². The Morgan fingerprint density at radius 3 is 2.56 bits per heavy atom. The van der Waals surface area contributed by atoms with Crippen LogP contribution in [0.2, 0.25) is 5.02 Å². The van der Waals surface area contributed by atoms with Gasteiger partial charge in [0.25, 0.3) is 0 Å². The second kappa shape index (κ2) is 5.69. The standard InChI is InChI=1S/C13H17ClN2O2/c14-11-3-1-10(2-4-11)5-6-16-12(17)13(7-15)8-18-9-13/h1-4H,5-9,15H2,(H,16,17). The van der Waals surface area contributed by atoms with Gasteiger partial charge in [-0.3, -0.25) is 4.79 Å². The van der Waals surface area contributed by atoms with Crippen molar-refractivity contribution in [3.8, 4) is 0 Å². The number of carbonyl (C=O) groups is 1. The van der Waals surface area contributed by atoms with Crippen LogP contribution in [-0.2, 0) is 16.0 Å². The van der Waals surface area contributed by atoms with Crippen molar-refractivity contribution in [1.82, 2.24) is 5.32 Å². The summed E-state index contributed by atoms with van der Waals surface area (Å²) in [7, 11) is 0. The lowest BCUT2D eigenvalue weighted by Gasteiger charge is -2.38. The molecule has 1 aliphatic rings. The van der Waals surface area contributed by atoms with E-state index in [4.69, 9.17) is 22.1 Å². The Labute approximate surface area is 111 Å². The van der Waals surface area contributed by atoms with E-state index in [1.807, 2.05) is 24.3 Å². The first-order valence-corrected chi connectivity index (χ1v) is 6.35. The van der Waals surface area contributed by atoms with Crippen LogP contribution in [0, 0.1) is 5.41 Å². The van der Waals surface area contributed by atoms with E-state index in [-0.39, 0.29) is 5.91 Å². The maximum Gasteiger partial charge on any atom is 0.232 e. The van der Waals surface area contributed by atoms with Crippen LogP contribution in [0.15, 0.2) is 24.3 Å². The molecule has 0 saturated carbocycles. The number of amides is 1. The zero-order chi connectivity index (χ0) is 13.0. The van der Waals surface area contributed by atoms with Gasteiger partial charge in [-0.15, -0.1) is 0 Å². The third-order valence-electron chi connectivity index (χ3n) is 3.24. The fourth-order valence-corrected chi connectivity index (χ4v) is 1.98. The average Bonchev–Trinajstić information content (AvgIpc) is 2.31. The summed E-state index contributed by atoms with van der Waals surface area (Å²) in [6, 6.07) is 7.61. The second-order valence-electron chi connectivity index (χ2n) is 4.61. The van der Waals surface area contributed by atoms with Gasteiger partial charge in [-0.25, -0.2) is 0 Å². The van der Waals surface area contributed by atoms with Gasteiger partial charge in [-0.2, -0.15) is 0 Å². The zero-order valence-electron chi connectivity index (χ0n) is 10.1. The monoisotopic (exact) mass is 268 g/mol. The summed E-state index contributed by atoms with van der Waals surface area (Å²) in [5.74, 6) is -0.00906. The van der Waals surface area contributed by atoms with E-state index in [9.17, 15) is 4.79 Å². The Morgan fingerprint density at radius 1 is 1.39 bits per heavy atom. The van der Waals surface area contributed by atoms with Crippen molar-refractivity contribution in [3.05, 3.63) is 34.9 Å². The van der Waals surface area contributed by atoms with E-state index in [1.54, 1.807) is 0 Å². The lowest BCUT2D eigenvalue weighted by atomic mass is 9.85. The highest BCUT2D eigenvalue weighted by atomic mass is 35.5. The summed E-state index contributed by atoms with van der Waals surface area (Å²) in [6.07, 6.45) is 0.782. The number of nitrogens with one attached hydrogen (secondary N) is 1. The lowest BCUT2D eigenvalue weighted by Crippen LogP contribution is -2.58. The molecule has 0 bridgehead atoms. The van der Waals surface area contributed by atoms with Crippen molar-refractivity contribution < 1.29 is 9.53 Å². The molecule has 1 aromatic carbocycles. The van der Waals surface area contributed by atoms with Gasteiger partial charge in [-0.1, -0.05) is 23.7 Å². The van der Waals surface area contributed by atoms with Crippen molar-refractivity contribution in [2.75, 3.05) is 26.3 Å². The average molecular weight is 269 g/mol. The minimum atomic E-state index is -0.500. The molecule has 0 unspecified atom stereocenters. The molecule has 98 valence electrons. The number of benzene rings is 1. The van der Waals surface area contributed by atoms with E-state index in [0.29, 0.717) is 26.3 Å². The molecule has 1 aliphatic heterocycles. The van der Waals surface area contributed by atoms with Crippen molar-refractivity contribution in [2.24, 2.45) is 11.1 Å². The fourth-order valence-electron chi connectivity index (χ4n) is 1.85. The maximum absolute atomic E-state index is 11.9. The first-order chi connectivity index (χ1) is 8.66. The highest BCUT2D eigenvalue weighted by Crippen LogP contribution is 2.25. The Hall–Kier alpha value is -1.10. The summed E-state index contributed by atoms with van der Waals surface area (Å²) in [4.78, 5) is 11.9. The number of hydrogen-bond acceptors (Lipinski definition) is 3. The molecule has 2 rings (SSSR count). The van der Waals surface area contributed by atoms with Crippen LogP contribution in [-0.4, -0.2) is 32.2 Å². The van der Waals surface area contributed by atoms with Crippen molar-refractivity contribution >= 4 is 17.5 Å². The molecular weight excluding hydrogens is 252 g/mol. The summed E-state index contributed by atoms with van der Waals surface area (Å²) in [6.45, 7) is 1.79. The highest BCUT2D eigenvalue weighted by Gasteiger charge is 2.44. The first kappa shape index (κ1) is 13.3. The van der Waals surface area contributed by atoms with E-state index < -0.39 is 5.41 Å². The van der Waals surface area contributed by atoms with E-state index in [2.05, 4.69) is 5.32 Å². The highest BCUT2D eigenvalue weighted by molar-refractivity contribution is 6.30. The molecule has 0 atom stereocenters. The third-order valence-corrected chi connectivity index (χ3v) is 3.49.